The van der Waals surface area contributed by atoms with Crippen molar-refractivity contribution in [1.82, 2.24) is 10.6 Å². The maximum Gasteiger partial charge on any atom is 0.387 e. The van der Waals surface area contributed by atoms with Crippen LogP contribution in [0.25, 0.3) is 0 Å². The highest BCUT2D eigenvalue weighted by Crippen LogP contribution is 2.20. The lowest BCUT2D eigenvalue weighted by molar-refractivity contribution is -0.0504. The molecule has 1 aliphatic rings. The van der Waals surface area contributed by atoms with Crippen molar-refractivity contribution in [3.05, 3.63) is 29.8 Å². The molecule has 1 aromatic carbocycles. The van der Waals surface area contributed by atoms with Gasteiger partial charge in [0.1, 0.15) is 5.75 Å². The summed E-state index contributed by atoms with van der Waals surface area (Å²) < 4.78 is 52.1. The summed E-state index contributed by atoms with van der Waals surface area (Å²) in [5.41, 5.74) is 0.551. The molecule has 1 unspecified atom stereocenters. The average Bonchev–Trinajstić information content (AvgIpc) is 2.83. The first kappa shape index (κ1) is 17.5. The van der Waals surface area contributed by atoms with Gasteiger partial charge in [0.2, 0.25) is 0 Å². The van der Waals surface area contributed by atoms with E-state index in [1.165, 1.54) is 6.07 Å². The van der Waals surface area contributed by atoms with E-state index >= 15 is 0 Å². The Morgan fingerprint density at radius 1 is 1.43 bits per heavy atom. The average molecular weight is 347 g/mol. The molecule has 0 spiro atoms. The van der Waals surface area contributed by atoms with Crippen molar-refractivity contribution in [2.45, 2.75) is 25.6 Å². The van der Waals surface area contributed by atoms with Crippen molar-refractivity contribution < 1.29 is 21.9 Å². The molecule has 0 bridgehead atoms. The Kier molecular flexibility index (Phi) is 5.75. The van der Waals surface area contributed by atoms with Crippen LogP contribution in [0, 0.1) is 0 Å². The van der Waals surface area contributed by atoms with Gasteiger partial charge in [-0.3, -0.25) is 4.99 Å². The lowest BCUT2D eigenvalue weighted by atomic mass is 10.2. The predicted molar refractivity (Wildman–Crippen MR) is 83.5 cm³/mol. The lowest BCUT2D eigenvalue weighted by Gasteiger charge is -2.17. The van der Waals surface area contributed by atoms with Gasteiger partial charge >= 0.3 is 6.61 Å². The first-order valence-corrected chi connectivity index (χ1v) is 8.92. The zero-order chi connectivity index (χ0) is 16.9. The first-order valence-electron chi connectivity index (χ1n) is 7.10. The van der Waals surface area contributed by atoms with Gasteiger partial charge in [0.25, 0.3) is 0 Å². The molecule has 2 N–H and O–H groups in total. The normalized spacial score (nSPS) is 20.5. The summed E-state index contributed by atoms with van der Waals surface area (Å²) in [5.74, 6) is 0.735. The molecule has 1 atom stereocenters. The molecule has 0 radical (unpaired) electrons. The summed E-state index contributed by atoms with van der Waals surface area (Å²) in [7, 11) is -1.43. The van der Waals surface area contributed by atoms with Gasteiger partial charge in [-0.2, -0.15) is 8.78 Å². The maximum absolute atomic E-state index is 12.4. The number of benzene rings is 1. The van der Waals surface area contributed by atoms with E-state index in [1.54, 1.807) is 25.2 Å². The molecule has 1 saturated heterocycles. The maximum atomic E-state index is 12.4. The van der Waals surface area contributed by atoms with Gasteiger partial charge in [-0.15, -0.1) is 0 Å². The Morgan fingerprint density at radius 3 is 2.78 bits per heavy atom. The second-order valence-electron chi connectivity index (χ2n) is 5.16. The number of guanidine groups is 1. The molecule has 2 rings (SSSR count). The van der Waals surface area contributed by atoms with Crippen LogP contribution in [0.4, 0.5) is 8.78 Å². The standard InChI is InChI=1S/C14H19F2N3O3S/c1-17-14(19-11-6-7-23(20,21)9-11)18-8-10-4-2-3-5-12(10)22-13(15)16/h2-5,11,13H,6-9H2,1H3,(H2,17,18,19). The molecule has 1 aromatic rings. The van der Waals surface area contributed by atoms with Gasteiger partial charge in [0.15, 0.2) is 15.8 Å². The second-order valence-corrected chi connectivity index (χ2v) is 7.39. The van der Waals surface area contributed by atoms with E-state index in [0.29, 0.717) is 17.9 Å². The number of nitrogens with zero attached hydrogens (tertiary/aromatic N) is 1. The third kappa shape index (κ3) is 5.34. The number of hydrogen-bond acceptors (Lipinski definition) is 4. The van der Waals surface area contributed by atoms with Crippen molar-refractivity contribution in [3.8, 4) is 5.75 Å². The van der Waals surface area contributed by atoms with E-state index in [-0.39, 0.29) is 29.8 Å². The minimum atomic E-state index is -2.99. The topological polar surface area (TPSA) is 79.8 Å². The highest BCUT2D eigenvalue weighted by atomic mass is 32.2. The van der Waals surface area contributed by atoms with Crippen LogP contribution in [0.15, 0.2) is 29.3 Å². The summed E-state index contributed by atoms with van der Waals surface area (Å²) in [6.45, 7) is -2.67. The third-order valence-electron chi connectivity index (χ3n) is 3.43. The van der Waals surface area contributed by atoms with E-state index in [2.05, 4.69) is 20.4 Å². The molecule has 1 fully saturated rings. The summed E-state index contributed by atoms with van der Waals surface area (Å²) in [6.07, 6.45) is 0.522. The molecule has 0 aromatic heterocycles. The molecule has 0 saturated carbocycles. The van der Waals surface area contributed by atoms with Gasteiger partial charge in [0.05, 0.1) is 11.5 Å². The number of halogens is 2. The Morgan fingerprint density at radius 2 is 2.17 bits per heavy atom. The molecule has 0 aliphatic carbocycles. The van der Waals surface area contributed by atoms with Gasteiger partial charge in [-0.05, 0) is 12.5 Å². The fourth-order valence-corrected chi connectivity index (χ4v) is 4.01. The van der Waals surface area contributed by atoms with E-state index in [4.69, 9.17) is 0 Å². The summed E-state index contributed by atoms with van der Waals surface area (Å²) >= 11 is 0. The number of nitrogens with one attached hydrogen (secondary N) is 2. The number of alkyl halides is 2. The van der Waals surface area contributed by atoms with Gasteiger partial charge in [-0.25, -0.2) is 8.42 Å². The summed E-state index contributed by atoms with van der Waals surface area (Å²) in [4.78, 5) is 4.02. The Labute approximate surface area is 133 Å². The number of aliphatic imine (C=N–C) groups is 1. The first-order chi connectivity index (χ1) is 10.9. The zero-order valence-corrected chi connectivity index (χ0v) is 13.4. The van der Waals surface area contributed by atoms with Crippen molar-refractivity contribution >= 4 is 15.8 Å². The van der Waals surface area contributed by atoms with E-state index in [0.717, 1.165) is 0 Å². The van der Waals surface area contributed by atoms with Crippen LogP contribution in [0.3, 0.4) is 0 Å². The van der Waals surface area contributed by atoms with Crippen LogP contribution in [0.2, 0.25) is 0 Å². The molecule has 0 amide bonds. The fourth-order valence-electron chi connectivity index (χ4n) is 2.34. The quantitative estimate of drug-likeness (QED) is 0.617. The number of hydrogen-bond donors (Lipinski definition) is 2. The largest absolute Gasteiger partial charge is 0.434 e. The molecule has 1 aliphatic heterocycles. The molecule has 6 nitrogen and oxygen atoms in total. The van der Waals surface area contributed by atoms with E-state index < -0.39 is 16.4 Å². The fraction of sp³-hybridized carbons (Fsp3) is 0.500. The smallest absolute Gasteiger partial charge is 0.387 e. The monoisotopic (exact) mass is 347 g/mol. The molecule has 9 heteroatoms. The van der Waals surface area contributed by atoms with Crippen LogP contribution in [0.5, 0.6) is 5.75 Å². The van der Waals surface area contributed by atoms with Gasteiger partial charge < -0.3 is 15.4 Å². The molecule has 23 heavy (non-hydrogen) atoms. The van der Waals surface area contributed by atoms with E-state index in [1.807, 2.05) is 0 Å². The van der Waals surface area contributed by atoms with Crippen LogP contribution < -0.4 is 15.4 Å². The van der Waals surface area contributed by atoms with Crippen molar-refractivity contribution in [1.29, 1.82) is 0 Å². The minimum absolute atomic E-state index is 0.0682. The predicted octanol–water partition coefficient (Wildman–Crippen LogP) is 1.14. The number of ether oxygens (including phenoxy) is 1. The number of sulfone groups is 1. The van der Waals surface area contributed by atoms with Crippen LogP contribution >= 0.6 is 0 Å². The third-order valence-corrected chi connectivity index (χ3v) is 5.20. The van der Waals surface area contributed by atoms with Crippen molar-refractivity contribution in [2.24, 2.45) is 4.99 Å². The minimum Gasteiger partial charge on any atom is -0.434 e. The Hall–Kier alpha value is -1.90. The summed E-state index contributed by atoms with van der Waals surface area (Å²) in [6, 6.07) is 6.26. The van der Waals surface area contributed by atoms with Gasteiger partial charge in [0, 0.05) is 25.2 Å². The van der Waals surface area contributed by atoms with Crippen LogP contribution in [-0.2, 0) is 16.4 Å². The number of para-hydroxylation sites is 1. The molecule has 128 valence electrons. The molecular weight excluding hydrogens is 328 g/mol. The Bertz CT molecular complexity index is 665. The zero-order valence-electron chi connectivity index (χ0n) is 12.6. The van der Waals surface area contributed by atoms with Crippen molar-refractivity contribution in [2.75, 3.05) is 18.6 Å². The van der Waals surface area contributed by atoms with Crippen LogP contribution in [-0.4, -0.2) is 45.6 Å². The lowest BCUT2D eigenvalue weighted by Crippen LogP contribution is -2.43. The SMILES string of the molecule is CN=C(NCc1ccccc1OC(F)F)NC1CCS(=O)(=O)C1. The Balaban J connectivity index is 1.94. The number of rotatable bonds is 5. The van der Waals surface area contributed by atoms with Gasteiger partial charge in [-0.1, -0.05) is 18.2 Å². The summed E-state index contributed by atoms with van der Waals surface area (Å²) in [5, 5.41) is 6.00. The van der Waals surface area contributed by atoms with Crippen molar-refractivity contribution in [3.63, 3.8) is 0 Å². The second kappa shape index (κ2) is 7.58. The molecule has 1 heterocycles. The highest BCUT2D eigenvalue weighted by molar-refractivity contribution is 7.91. The highest BCUT2D eigenvalue weighted by Gasteiger charge is 2.28. The van der Waals surface area contributed by atoms with Crippen LogP contribution in [0.1, 0.15) is 12.0 Å². The molecular formula is C14H19F2N3O3S. The van der Waals surface area contributed by atoms with E-state index in [9.17, 15) is 17.2 Å².